The highest BCUT2D eigenvalue weighted by atomic mass is 16.5. The van der Waals surface area contributed by atoms with Crippen LogP contribution in [0.25, 0.3) is 10.9 Å². The summed E-state index contributed by atoms with van der Waals surface area (Å²) in [5.41, 5.74) is 2.10. The Morgan fingerprint density at radius 2 is 1.85 bits per heavy atom. The number of aliphatic carboxylic acids is 1. The number of carbonyl (C=O) groups is 1. The normalized spacial score (nSPS) is 10.7. The first-order valence-electron chi connectivity index (χ1n) is 8.78. The minimum Gasteiger partial charge on any atom is -0.493 e. The Bertz CT molecular complexity index is 931. The van der Waals surface area contributed by atoms with Crippen LogP contribution in [0.4, 0.5) is 0 Å². The van der Waals surface area contributed by atoms with Crippen LogP contribution in [0.5, 0.6) is 17.2 Å². The van der Waals surface area contributed by atoms with Crippen molar-refractivity contribution in [3.05, 3.63) is 54.2 Å². The highest BCUT2D eigenvalue weighted by Crippen LogP contribution is 2.28. The number of ether oxygens (including phenoxy) is 3. The maximum absolute atomic E-state index is 10.7. The number of carboxylic acids is 1. The fourth-order valence-corrected chi connectivity index (χ4v) is 2.88. The summed E-state index contributed by atoms with van der Waals surface area (Å²) in [6.45, 7) is 3.26. The molecular formula is C21H23NO5. The van der Waals surface area contributed by atoms with Crippen LogP contribution in [0, 0.1) is 6.92 Å². The SMILES string of the molecule is COc1cc(C)ccc1OCCOc1ccc2c(ccn2CCC(=O)O)c1. The number of aromatic nitrogens is 1. The van der Waals surface area contributed by atoms with E-state index in [1.807, 2.05) is 60.2 Å². The maximum Gasteiger partial charge on any atom is 0.305 e. The van der Waals surface area contributed by atoms with Crippen molar-refractivity contribution in [1.29, 1.82) is 0 Å². The first-order valence-corrected chi connectivity index (χ1v) is 8.78. The lowest BCUT2D eigenvalue weighted by molar-refractivity contribution is -0.137. The number of nitrogens with zero attached hydrogens (tertiary/aromatic N) is 1. The molecule has 142 valence electrons. The predicted molar refractivity (Wildman–Crippen MR) is 103 cm³/mol. The molecule has 0 fully saturated rings. The van der Waals surface area contributed by atoms with E-state index < -0.39 is 5.97 Å². The van der Waals surface area contributed by atoms with E-state index >= 15 is 0 Å². The molecule has 0 atom stereocenters. The maximum atomic E-state index is 10.7. The lowest BCUT2D eigenvalue weighted by Crippen LogP contribution is -2.09. The zero-order chi connectivity index (χ0) is 19.2. The van der Waals surface area contributed by atoms with Gasteiger partial charge in [0.1, 0.15) is 19.0 Å². The molecule has 0 unspecified atom stereocenters. The first kappa shape index (κ1) is 18.6. The van der Waals surface area contributed by atoms with Gasteiger partial charge in [0.05, 0.1) is 13.5 Å². The van der Waals surface area contributed by atoms with E-state index in [2.05, 4.69) is 0 Å². The third kappa shape index (κ3) is 4.73. The van der Waals surface area contributed by atoms with Crippen LogP contribution in [0.1, 0.15) is 12.0 Å². The van der Waals surface area contributed by atoms with Gasteiger partial charge in [-0.1, -0.05) is 6.07 Å². The number of benzene rings is 2. The summed E-state index contributed by atoms with van der Waals surface area (Å²) in [4.78, 5) is 10.7. The molecule has 1 aromatic heterocycles. The molecule has 0 spiro atoms. The summed E-state index contributed by atoms with van der Waals surface area (Å²) in [6, 6.07) is 13.5. The summed E-state index contributed by atoms with van der Waals surface area (Å²) in [7, 11) is 1.62. The van der Waals surface area contributed by atoms with Gasteiger partial charge >= 0.3 is 5.97 Å². The Morgan fingerprint density at radius 3 is 2.63 bits per heavy atom. The summed E-state index contributed by atoms with van der Waals surface area (Å²) in [5.74, 6) is 1.34. The van der Waals surface area contributed by atoms with Gasteiger partial charge < -0.3 is 23.9 Å². The molecule has 3 rings (SSSR count). The van der Waals surface area contributed by atoms with Crippen molar-refractivity contribution in [3.8, 4) is 17.2 Å². The minimum atomic E-state index is -0.804. The number of aryl methyl sites for hydroxylation is 2. The number of methoxy groups -OCH3 is 1. The summed E-state index contributed by atoms with van der Waals surface area (Å²) >= 11 is 0. The van der Waals surface area contributed by atoms with Crippen LogP contribution >= 0.6 is 0 Å². The molecule has 3 aromatic rings. The van der Waals surface area contributed by atoms with Crippen LogP contribution in [0.2, 0.25) is 0 Å². The van der Waals surface area contributed by atoms with Crippen LogP contribution in [0.3, 0.4) is 0 Å². The molecule has 2 aromatic carbocycles. The second-order valence-corrected chi connectivity index (χ2v) is 6.22. The van der Waals surface area contributed by atoms with E-state index in [1.165, 1.54) is 0 Å². The molecule has 0 saturated carbocycles. The van der Waals surface area contributed by atoms with Crippen molar-refractivity contribution in [2.75, 3.05) is 20.3 Å². The topological polar surface area (TPSA) is 69.9 Å². The fourth-order valence-electron chi connectivity index (χ4n) is 2.88. The van der Waals surface area contributed by atoms with E-state index in [4.69, 9.17) is 19.3 Å². The molecule has 0 aliphatic rings. The molecular weight excluding hydrogens is 346 g/mol. The van der Waals surface area contributed by atoms with Gasteiger partial charge in [0.15, 0.2) is 11.5 Å². The average Bonchev–Trinajstić information content (AvgIpc) is 3.06. The predicted octanol–water partition coefficient (Wildman–Crippen LogP) is 3.89. The molecule has 6 nitrogen and oxygen atoms in total. The van der Waals surface area contributed by atoms with Gasteiger partial charge in [-0.3, -0.25) is 4.79 Å². The summed E-state index contributed by atoms with van der Waals surface area (Å²) < 4.78 is 18.8. The second kappa shape index (κ2) is 8.49. The van der Waals surface area contributed by atoms with Gasteiger partial charge in [0, 0.05) is 23.6 Å². The molecule has 0 bridgehead atoms. The molecule has 1 N–H and O–H groups in total. The fraction of sp³-hybridized carbons (Fsp3) is 0.286. The highest BCUT2D eigenvalue weighted by Gasteiger charge is 2.06. The molecule has 0 aliphatic carbocycles. The molecule has 0 amide bonds. The van der Waals surface area contributed by atoms with Crippen LogP contribution in [-0.2, 0) is 11.3 Å². The number of rotatable bonds is 9. The van der Waals surface area contributed by atoms with Crippen molar-refractivity contribution >= 4 is 16.9 Å². The lowest BCUT2D eigenvalue weighted by atomic mass is 10.2. The van der Waals surface area contributed by atoms with Gasteiger partial charge in [0.2, 0.25) is 0 Å². The third-order valence-corrected chi connectivity index (χ3v) is 4.24. The number of fused-ring (bicyclic) bond motifs is 1. The van der Waals surface area contributed by atoms with Crippen molar-refractivity contribution < 1.29 is 24.1 Å². The van der Waals surface area contributed by atoms with E-state index in [0.29, 0.717) is 31.3 Å². The molecule has 0 radical (unpaired) electrons. The molecule has 27 heavy (non-hydrogen) atoms. The Kier molecular flexibility index (Phi) is 5.86. The van der Waals surface area contributed by atoms with Crippen LogP contribution in [-0.4, -0.2) is 36.0 Å². The zero-order valence-electron chi connectivity index (χ0n) is 15.5. The quantitative estimate of drug-likeness (QED) is 0.580. The van der Waals surface area contributed by atoms with E-state index in [1.54, 1.807) is 7.11 Å². The van der Waals surface area contributed by atoms with Crippen molar-refractivity contribution in [1.82, 2.24) is 4.57 Å². The number of hydrogen-bond donors (Lipinski definition) is 1. The van der Waals surface area contributed by atoms with Crippen molar-refractivity contribution in [3.63, 3.8) is 0 Å². The Morgan fingerprint density at radius 1 is 1.04 bits per heavy atom. The van der Waals surface area contributed by atoms with Gasteiger partial charge in [-0.15, -0.1) is 0 Å². The van der Waals surface area contributed by atoms with Gasteiger partial charge in [0.25, 0.3) is 0 Å². The third-order valence-electron chi connectivity index (χ3n) is 4.24. The number of carboxylic acid groups (broad SMARTS) is 1. The van der Waals surface area contributed by atoms with E-state index in [9.17, 15) is 4.79 Å². The van der Waals surface area contributed by atoms with Gasteiger partial charge in [-0.25, -0.2) is 0 Å². The molecule has 0 aliphatic heterocycles. The Labute approximate surface area is 157 Å². The summed E-state index contributed by atoms with van der Waals surface area (Å²) in [5, 5.41) is 9.84. The zero-order valence-corrected chi connectivity index (χ0v) is 15.5. The minimum absolute atomic E-state index is 0.0991. The second-order valence-electron chi connectivity index (χ2n) is 6.22. The molecule has 6 heteroatoms. The van der Waals surface area contributed by atoms with Crippen LogP contribution < -0.4 is 14.2 Å². The standard InChI is InChI=1S/C21H23NO5/c1-15-3-6-19(20(13-15)25-2)27-12-11-26-17-4-5-18-16(14-17)7-9-22(18)10-8-21(23)24/h3-7,9,13-14H,8,10-12H2,1-2H3,(H,23,24). The Balaban J connectivity index is 1.55. The lowest BCUT2D eigenvalue weighted by Gasteiger charge is -2.12. The van der Waals surface area contributed by atoms with Gasteiger partial charge in [-0.2, -0.15) is 0 Å². The van der Waals surface area contributed by atoms with Gasteiger partial charge in [-0.05, 0) is 48.9 Å². The van der Waals surface area contributed by atoms with Crippen molar-refractivity contribution in [2.45, 2.75) is 19.9 Å². The average molecular weight is 369 g/mol. The monoisotopic (exact) mass is 369 g/mol. The molecule has 1 heterocycles. The number of hydrogen-bond acceptors (Lipinski definition) is 4. The van der Waals surface area contributed by atoms with Crippen molar-refractivity contribution in [2.24, 2.45) is 0 Å². The first-order chi connectivity index (χ1) is 13.1. The molecule has 0 saturated heterocycles. The Hall–Kier alpha value is -3.15. The summed E-state index contributed by atoms with van der Waals surface area (Å²) in [6.07, 6.45) is 1.99. The van der Waals surface area contributed by atoms with E-state index in [-0.39, 0.29) is 6.42 Å². The highest BCUT2D eigenvalue weighted by molar-refractivity contribution is 5.81. The smallest absolute Gasteiger partial charge is 0.305 e. The van der Waals surface area contributed by atoms with Crippen LogP contribution in [0.15, 0.2) is 48.7 Å². The largest absolute Gasteiger partial charge is 0.493 e. The van der Waals surface area contributed by atoms with E-state index in [0.717, 1.165) is 22.2 Å².